The van der Waals surface area contributed by atoms with Gasteiger partial charge in [0.05, 0.1) is 26.4 Å². The Morgan fingerprint density at radius 2 is 1.90 bits per heavy atom. The Bertz CT molecular complexity index is 1010. The number of hydrogen-bond donors (Lipinski definition) is 1. The van der Waals surface area contributed by atoms with Crippen LogP contribution in [0.3, 0.4) is 0 Å². The van der Waals surface area contributed by atoms with Crippen LogP contribution in [-0.4, -0.2) is 28.9 Å². The average Bonchev–Trinajstić information content (AvgIpc) is 3.13. The number of nitrogens with zero attached hydrogens (tertiary/aromatic N) is 2. The maximum absolute atomic E-state index is 13.2. The van der Waals surface area contributed by atoms with Crippen molar-refractivity contribution in [2.24, 2.45) is 0 Å². The van der Waals surface area contributed by atoms with E-state index in [0.29, 0.717) is 45.0 Å². The van der Waals surface area contributed by atoms with Crippen LogP contribution >= 0.6 is 0 Å². The van der Waals surface area contributed by atoms with Gasteiger partial charge in [0.25, 0.3) is 5.91 Å². The predicted molar refractivity (Wildman–Crippen MR) is 110 cm³/mol. The number of carbonyl (C=O) groups excluding carboxylic acids is 1. The monoisotopic (exact) mass is 409 g/mol. The van der Waals surface area contributed by atoms with Gasteiger partial charge < -0.3 is 14.8 Å². The van der Waals surface area contributed by atoms with Gasteiger partial charge in [0, 0.05) is 24.2 Å². The Kier molecular flexibility index (Phi) is 6.09. The van der Waals surface area contributed by atoms with E-state index < -0.39 is 0 Å². The lowest BCUT2D eigenvalue weighted by molar-refractivity contribution is 0.0922. The third-order valence-electron chi connectivity index (χ3n) is 5.04. The van der Waals surface area contributed by atoms with Crippen LogP contribution in [0.15, 0.2) is 48.5 Å². The van der Waals surface area contributed by atoms with Crippen molar-refractivity contribution in [1.29, 1.82) is 0 Å². The number of halogens is 1. The zero-order valence-electron chi connectivity index (χ0n) is 16.9. The summed E-state index contributed by atoms with van der Waals surface area (Å²) in [6.07, 6.45) is 0.690. The minimum Gasteiger partial charge on any atom is -0.494 e. The number of rotatable bonds is 7. The molecular formula is C23H24FN3O3. The second kappa shape index (κ2) is 9.09. The predicted octanol–water partition coefficient (Wildman–Crippen LogP) is 3.47. The van der Waals surface area contributed by atoms with E-state index in [9.17, 15) is 9.18 Å². The lowest BCUT2D eigenvalue weighted by Crippen LogP contribution is -2.25. The van der Waals surface area contributed by atoms with Gasteiger partial charge in [-0.05, 0) is 42.3 Å². The van der Waals surface area contributed by atoms with Gasteiger partial charge in [-0.2, -0.15) is 5.10 Å². The molecule has 3 aromatic rings. The van der Waals surface area contributed by atoms with Gasteiger partial charge in [0.15, 0.2) is 5.69 Å². The zero-order valence-corrected chi connectivity index (χ0v) is 16.9. The van der Waals surface area contributed by atoms with E-state index in [1.807, 2.05) is 35.9 Å². The quantitative estimate of drug-likeness (QED) is 0.649. The highest BCUT2D eigenvalue weighted by atomic mass is 19.1. The van der Waals surface area contributed by atoms with Gasteiger partial charge in [-0.3, -0.25) is 9.48 Å². The summed E-state index contributed by atoms with van der Waals surface area (Å²) in [5.41, 5.74) is 4.11. The molecule has 1 aromatic heterocycles. The summed E-state index contributed by atoms with van der Waals surface area (Å²) in [6, 6.07) is 13.9. The first-order chi connectivity index (χ1) is 14.6. The molecule has 1 aliphatic rings. The van der Waals surface area contributed by atoms with Crippen LogP contribution < -0.4 is 10.1 Å². The van der Waals surface area contributed by atoms with Crippen LogP contribution in [0.2, 0.25) is 0 Å². The Hall–Kier alpha value is -3.19. The van der Waals surface area contributed by atoms with Crippen molar-refractivity contribution in [3.05, 3.63) is 82.4 Å². The molecule has 1 amide bonds. The Morgan fingerprint density at radius 3 is 2.63 bits per heavy atom. The third-order valence-corrected chi connectivity index (χ3v) is 5.04. The summed E-state index contributed by atoms with van der Waals surface area (Å²) in [5, 5.41) is 7.51. The molecule has 0 aliphatic carbocycles. The largest absolute Gasteiger partial charge is 0.494 e. The molecule has 4 rings (SSSR count). The van der Waals surface area contributed by atoms with Crippen molar-refractivity contribution in [3.8, 4) is 5.75 Å². The standard InChI is InChI=1S/C23H24FN3O3/c1-2-30-19-9-5-16(6-10-19)13-25-23(28)22-20-15-29-12-11-21(20)27(26-22)14-17-3-7-18(24)8-4-17/h3-10H,2,11-15H2,1H3,(H,25,28). The molecule has 30 heavy (non-hydrogen) atoms. The number of carbonyl (C=O) groups is 1. The first-order valence-corrected chi connectivity index (χ1v) is 10.0. The Labute approximate surface area is 174 Å². The summed E-state index contributed by atoms with van der Waals surface area (Å²) >= 11 is 0. The minimum atomic E-state index is -0.274. The van der Waals surface area contributed by atoms with Crippen LogP contribution in [0, 0.1) is 5.82 Å². The molecule has 7 heteroatoms. The van der Waals surface area contributed by atoms with Crippen molar-refractivity contribution in [3.63, 3.8) is 0 Å². The fraction of sp³-hybridized carbons (Fsp3) is 0.304. The highest BCUT2D eigenvalue weighted by molar-refractivity contribution is 5.94. The first kappa shape index (κ1) is 20.1. The van der Waals surface area contributed by atoms with E-state index in [1.54, 1.807) is 12.1 Å². The van der Waals surface area contributed by atoms with Gasteiger partial charge >= 0.3 is 0 Å². The lowest BCUT2D eigenvalue weighted by atomic mass is 10.1. The number of hydrogen-bond acceptors (Lipinski definition) is 4. The number of amides is 1. The maximum atomic E-state index is 13.2. The smallest absolute Gasteiger partial charge is 0.272 e. The summed E-state index contributed by atoms with van der Waals surface area (Å²) < 4.78 is 26.0. The highest BCUT2D eigenvalue weighted by Gasteiger charge is 2.25. The molecular weight excluding hydrogens is 385 g/mol. The molecule has 0 saturated heterocycles. The van der Waals surface area contributed by atoms with E-state index in [4.69, 9.17) is 9.47 Å². The molecule has 156 valence electrons. The molecule has 0 bridgehead atoms. The summed E-state index contributed by atoms with van der Waals surface area (Å²) in [7, 11) is 0. The van der Waals surface area contributed by atoms with Gasteiger partial charge in [-0.15, -0.1) is 0 Å². The van der Waals surface area contributed by atoms with Crippen molar-refractivity contribution in [1.82, 2.24) is 15.1 Å². The average molecular weight is 409 g/mol. The van der Waals surface area contributed by atoms with E-state index >= 15 is 0 Å². The van der Waals surface area contributed by atoms with Crippen molar-refractivity contribution in [2.75, 3.05) is 13.2 Å². The van der Waals surface area contributed by atoms with E-state index in [0.717, 1.165) is 28.1 Å². The topological polar surface area (TPSA) is 65.4 Å². The fourth-order valence-corrected chi connectivity index (χ4v) is 3.52. The van der Waals surface area contributed by atoms with E-state index in [1.165, 1.54) is 12.1 Å². The molecule has 2 aromatic carbocycles. The number of aromatic nitrogens is 2. The van der Waals surface area contributed by atoms with Crippen molar-refractivity contribution in [2.45, 2.75) is 33.0 Å². The molecule has 1 N–H and O–H groups in total. The second-order valence-corrected chi connectivity index (χ2v) is 7.12. The van der Waals surface area contributed by atoms with Gasteiger partial charge in [0.2, 0.25) is 0 Å². The highest BCUT2D eigenvalue weighted by Crippen LogP contribution is 2.22. The van der Waals surface area contributed by atoms with E-state index in [-0.39, 0.29) is 11.7 Å². The molecule has 0 radical (unpaired) electrons. The first-order valence-electron chi connectivity index (χ1n) is 10.0. The third kappa shape index (κ3) is 4.52. The zero-order chi connectivity index (χ0) is 20.9. The van der Waals surface area contributed by atoms with Gasteiger partial charge in [-0.25, -0.2) is 4.39 Å². The summed E-state index contributed by atoms with van der Waals surface area (Å²) in [6.45, 7) is 4.39. The molecule has 0 saturated carbocycles. The second-order valence-electron chi connectivity index (χ2n) is 7.12. The van der Waals surface area contributed by atoms with Gasteiger partial charge in [-0.1, -0.05) is 24.3 Å². The van der Waals surface area contributed by atoms with Crippen molar-refractivity contribution >= 4 is 5.91 Å². The number of nitrogens with one attached hydrogen (secondary N) is 1. The van der Waals surface area contributed by atoms with Crippen LogP contribution in [0.4, 0.5) is 4.39 Å². The van der Waals surface area contributed by atoms with Gasteiger partial charge in [0.1, 0.15) is 11.6 Å². The normalized spacial score (nSPS) is 13.0. The molecule has 2 heterocycles. The fourth-order valence-electron chi connectivity index (χ4n) is 3.52. The molecule has 0 atom stereocenters. The number of ether oxygens (including phenoxy) is 2. The van der Waals surface area contributed by atoms with Crippen LogP contribution in [0.1, 0.15) is 39.8 Å². The minimum absolute atomic E-state index is 0.233. The number of benzene rings is 2. The Morgan fingerprint density at radius 1 is 1.17 bits per heavy atom. The summed E-state index contributed by atoms with van der Waals surface area (Å²) in [4.78, 5) is 12.9. The maximum Gasteiger partial charge on any atom is 0.272 e. The Balaban J connectivity index is 1.49. The molecule has 0 spiro atoms. The van der Waals surface area contributed by atoms with Crippen LogP contribution in [0.25, 0.3) is 0 Å². The molecule has 0 fully saturated rings. The number of fused-ring (bicyclic) bond motifs is 1. The lowest BCUT2D eigenvalue weighted by Gasteiger charge is -2.15. The van der Waals surface area contributed by atoms with Crippen molar-refractivity contribution < 1.29 is 18.7 Å². The SMILES string of the molecule is CCOc1ccc(CNC(=O)c2nn(Cc3ccc(F)cc3)c3c2COCC3)cc1. The van der Waals surface area contributed by atoms with E-state index in [2.05, 4.69) is 10.4 Å². The van der Waals surface area contributed by atoms with Crippen LogP contribution in [0.5, 0.6) is 5.75 Å². The van der Waals surface area contributed by atoms with Crippen LogP contribution in [-0.2, 0) is 30.9 Å². The summed E-state index contributed by atoms with van der Waals surface area (Å²) in [5.74, 6) is 0.297. The molecule has 0 unspecified atom stereocenters. The molecule has 1 aliphatic heterocycles. The molecule has 6 nitrogen and oxygen atoms in total.